The van der Waals surface area contributed by atoms with Crippen LogP contribution in [-0.4, -0.2) is 76.7 Å². The van der Waals surface area contributed by atoms with Crippen LogP contribution in [0.1, 0.15) is 6.92 Å². The van der Waals surface area contributed by atoms with Gasteiger partial charge in [0.05, 0.1) is 6.54 Å². The molecule has 8 nitrogen and oxygen atoms in total. The highest BCUT2D eigenvalue weighted by molar-refractivity contribution is 5.85. The number of amides is 3. The molecule has 0 radical (unpaired) electrons. The number of rotatable bonds is 3. The topological polar surface area (TPSA) is 110 Å². The van der Waals surface area contributed by atoms with Crippen molar-refractivity contribution in [2.75, 3.05) is 33.2 Å². The third-order valence-electron chi connectivity index (χ3n) is 2.79. The van der Waals surface area contributed by atoms with Gasteiger partial charge in [-0.05, 0) is 6.92 Å². The number of hydrogen-bond acceptors (Lipinski definition) is 4. The largest absolute Gasteiger partial charge is 0.479 e. The van der Waals surface area contributed by atoms with Gasteiger partial charge in [0.15, 0.2) is 5.60 Å². The van der Waals surface area contributed by atoms with Crippen molar-refractivity contribution in [3.8, 4) is 0 Å². The molecule has 0 aliphatic carbocycles. The summed E-state index contributed by atoms with van der Waals surface area (Å²) in [7, 11) is 1.65. The molecule has 3 amide bonds. The summed E-state index contributed by atoms with van der Waals surface area (Å²) in [6.45, 7) is 1.44. The van der Waals surface area contributed by atoms with Gasteiger partial charge >= 0.3 is 12.0 Å². The molecule has 18 heavy (non-hydrogen) atoms. The van der Waals surface area contributed by atoms with Gasteiger partial charge < -0.3 is 25.3 Å². The molecule has 1 heterocycles. The van der Waals surface area contributed by atoms with Gasteiger partial charge in [0.25, 0.3) is 0 Å². The molecular formula is C10H17N3O5. The second-order valence-corrected chi connectivity index (χ2v) is 4.47. The Balaban J connectivity index is 2.47. The van der Waals surface area contributed by atoms with Gasteiger partial charge in [-0.15, -0.1) is 0 Å². The Kier molecular flexibility index (Phi) is 4.12. The fraction of sp³-hybridized carbons (Fsp3) is 0.700. The molecule has 0 saturated carbocycles. The number of hydrogen-bond donors (Lipinski definition) is 3. The fourth-order valence-corrected chi connectivity index (χ4v) is 1.37. The van der Waals surface area contributed by atoms with E-state index < -0.39 is 24.1 Å². The van der Waals surface area contributed by atoms with Crippen LogP contribution in [0, 0.1) is 0 Å². The number of nitrogens with one attached hydrogen (secondary N) is 1. The first-order valence-electron chi connectivity index (χ1n) is 5.46. The molecule has 1 unspecified atom stereocenters. The maximum atomic E-state index is 11.7. The van der Waals surface area contributed by atoms with E-state index in [-0.39, 0.29) is 12.5 Å². The van der Waals surface area contributed by atoms with Crippen molar-refractivity contribution in [2.24, 2.45) is 0 Å². The van der Waals surface area contributed by atoms with Gasteiger partial charge in [0, 0.05) is 20.1 Å². The predicted octanol–water partition coefficient (Wildman–Crippen LogP) is -1.69. The number of aliphatic hydroxyl groups is 1. The monoisotopic (exact) mass is 259 g/mol. The van der Waals surface area contributed by atoms with Crippen molar-refractivity contribution in [1.82, 2.24) is 15.1 Å². The highest BCUT2D eigenvalue weighted by Gasteiger charge is 2.32. The molecule has 0 bridgehead atoms. The summed E-state index contributed by atoms with van der Waals surface area (Å²) in [6, 6.07) is -0.557. The minimum atomic E-state index is -2.02. The number of carboxylic acid groups (broad SMARTS) is 1. The smallest absolute Gasteiger partial charge is 0.337 e. The van der Waals surface area contributed by atoms with Crippen molar-refractivity contribution in [3.05, 3.63) is 0 Å². The second-order valence-electron chi connectivity index (χ2n) is 4.47. The van der Waals surface area contributed by atoms with Crippen molar-refractivity contribution in [1.29, 1.82) is 0 Å². The number of nitrogens with zero attached hydrogens (tertiary/aromatic N) is 2. The summed E-state index contributed by atoms with van der Waals surface area (Å²) in [5.41, 5.74) is -2.02. The summed E-state index contributed by atoms with van der Waals surface area (Å²) in [5, 5.41) is 20.4. The molecule has 8 heteroatoms. The number of carbonyl (C=O) groups excluding carboxylic acids is 2. The maximum Gasteiger partial charge on any atom is 0.337 e. The Morgan fingerprint density at radius 1 is 1.44 bits per heavy atom. The van der Waals surface area contributed by atoms with Gasteiger partial charge in [0.2, 0.25) is 5.91 Å². The molecule has 1 aliphatic rings. The van der Waals surface area contributed by atoms with Crippen molar-refractivity contribution < 1.29 is 24.6 Å². The molecule has 1 saturated heterocycles. The van der Waals surface area contributed by atoms with E-state index in [2.05, 4.69) is 5.32 Å². The number of aliphatic carboxylic acids is 1. The first-order valence-corrected chi connectivity index (χ1v) is 5.46. The summed E-state index contributed by atoms with van der Waals surface area (Å²) < 4.78 is 0. The van der Waals surface area contributed by atoms with Crippen LogP contribution in [0.15, 0.2) is 0 Å². The lowest BCUT2D eigenvalue weighted by molar-refractivity contribution is -0.155. The molecule has 1 aliphatic heterocycles. The molecule has 1 rings (SSSR count). The lowest BCUT2D eigenvalue weighted by Gasteiger charge is -2.32. The van der Waals surface area contributed by atoms with E-state index in [0.29, 0.717) is 13.1 Å². The minimum Gasteiger partial charge on any atom is -0.479 e. The zero-order valence-corrected chi connectivity index (χ0v) is 10.3. The number of urea groups is 1. The van der Waals surface area contributed by atoms with Crippen molar-refractivity contribution in [3.63, 3.8) is 0 Å². The van der Waals surface area contributed by atoms with Crippen LogP contribution in [0.2, 0.25) is 0 Å². The standard InChI is InChI=1S/C10H17N3O5/c1-10(18,8(15)16)6-11-9(17)13-4-3-12(2)7(14)5-13/h18H,3-6H2,1-2H3,(H,11,17)(H,15,16). The molecule has 0 aromatic rings. The van der Waals surface area contributed by atoms with E-state index in [4.69, 9.17) is 5.11 Å². The van der Waals surface area contributed by atoms with Crippen LogP contribution < -0.4 is 5.32 Å². The Bertz CT molecular complexity index is 369. The van der Waals surface area contributed by atoms with Gasteiger partial charge in [-0.3, -0.25) is 4.79 Å². The summed E-state index contributed by atoms with van der Waals surface area (Å²) >= 11 is 0. The molecule has 102 valence electrons. The third-order valence-corrected chi connectivity index (χ3v) is 2.79. The van der Waals surface area contributed by atoms with E-state index in [1.165, 1.54) is 9.80 Å². The van der Waals surface area contributed by atoms with Crippen LogP contribution >= 0.6 is 0 Å². The van der Waals surface area contributed by atoms with E-state index in [9.17, 15) is 19.5 Å². The lowest BCUT2D eigenvalue weighted by atomic mass is 10.1. The first kappa shape index (κ1) is 14.2. The molecule has 1 fully saturated rings. The van der Waals surface area contributed by atoms with E-state index in [1.807, 2.05) is 0 Å². The summed E-state index contributed by atoms with van der Waals surface area (Å²) in [5.74, 6) is -1.60. The SMILES string of the molecule is CN1CCN(C(=O)NCC(C)(O)C(=O)O)CC1=O. The fourth-order valence-electron chi connectivity index (χ4n) is 1.37. The Hall–Kier alpha value is -1.83. The molecule has 3 N–H and O–H groups in total. The third kappa shape index (κ3) is 3.33. The normalized spacial score (nSPS) is 19.4. The second kappa shape index (κ2) is 5.21. The number of carboxylic acids is 1. The quantitative estimate of drug-likeness (QED) is 0.560. The number of carbonyl (C=O) groups is 3. The minimum absolute atomic E-state index is 0.0441. The van der Waals surface area contributed by atoms with Gasteiger partial charge in [-0.2, -0.15) is 0 Å². The lowest BCUT2D eigenvalue weighted by Crippen LogP contribution is -2.56. The van der Waals surface area contributed by atoms with Crippen LogP contribution in [0.5, 0.6) is 0 Å². The zero-order chi connectivity index (χ0) is 13.9. The highest BCUT2D eigenvalue weighted by Crippen LogP contribution is 2.04. The first-order chi connectivity index (χ1) is 8.24. The number of piperazine rings is 1. The average molecular weight is 259 g/mol. The van der Waals surface area contributed by atoms with Crippen LogP contribution in [0.3, 0.4) is 0 Å². The molecule has 0 spiro atoms. The van der Waals surface area contributed by atoms with Crippen molar-refractivity contribution in [2.45, 2.75) is 12.5 Å². The number of likely N-dealkylation sites (N-methyl/N-ethyl adjacent to an activating group) is 1. The maximum absolute atomic E-state index is 11.7. The molecular weight excluding hydrogens is 242 g/mol. The Labute approximate surface area is 104 Å². The molecule has 0 aromatic carbocycles. The van der Waals surface area contributed by atoms with Crippen LogP contribution in [0.4, 0.5) is 4.79 Å². The van der Waals surface area contributed by atoms with Gasteiger partial charge in [-0.1, -0.05) is 0 Å². The van der Waals surface area contributed by atoms with E-state index in [0.717, 1.165) is 6.92 Å². The van der Waals surface area contributed by atoms with Crippen molar-refractivity contribution >= 4 is 17.9 Å². The average Bonchev–Trinajstić information content (AvgIpc) is 2.29. The summed E-state index contributed by atoms with van der Waals surface area (Å²) in [6.07, 6.45) is 0. The van der Waals surface area contributed by atoms with Crippen LogP contribution in [0.25, 0.3) is 0 Å². The zero-order valence-electron chi connectivity index (χ0n) is 10.3. The van der Waals surface area contributed by atoms with Gasteiger partial charge in [-0.25, -0.2) is 9.59 Å². The highest BCUT2D eigenvalue weighted by atomic mass is 16.4. The predicted molar refractivity (Wildman–Crippen MR) is 60.9 cm³/mol. The molecule has 1 atom stereocenters. The summed E-state index contributed by atoms with van der Waals surface area (Å²) in [4.78, 5) is 36.5. The van der Waals surface area contributed by atoms with E-state index in [1.54, 1.807) is 7.05 Å². The van der Waals surface area contributed by atoms with Crippen LogP contribution in [-0.2, 0) is 9.59 Å². The molecule has 0 aromatic heterocycles. The van der Waals surface area contributed by atoms with Gasteiger partial charge in [0.1, 0.15) is 6.54 Å². The van der Waals surface area contributed by atoms with E-state index >= 15 is 0 Å². The Morgan fingerprint density at radius 3 is 2.56 bits per heavy atom. The Morgan fingerprint density at radius 2 is 2.06 bits per heavy atom.